The molecule has 0 radical (unpaired) electrons. The van der Waals surface area contributed by atoms with Crippen LogP contribution in [0.4, 0.5) is 0 Å². The van der Waals surface area contributed by atoms with Crippen LogP contribution in [0.3, 0.4) is 0 Å². The van der Waals surface area contributed by atoms with Crippen molar-refractivity contribution in [2.24, 2.45) is 4.36 Å². The Morgan fingerprint density at radius 1 is 1.00 bits per heavy atom. The van der Waals surface area contributed by atoms with Crippen molar-refractivity contribution < 1.29 is 9.00 Å². The number of hydrogen-bond donors (Lipinski definition) is 0. The predicted octanol–water partition coefficient (Wildman–Crippen LogP) is 3.84. The average Bonchev–Trinajstić information content (AvgIpc) is 3.40. The van der Waals surface area contributed by atoms with Crippen molar-refractivity contribution >= 4 is 15.6 Å². The van der Waals surface area contributed by atoms with Crippen molar-refractivity contribution in [3.63, 3.8) is 0 Å². The number of rotatable bonds is 5. The summed E-state index contributed by atoms with van der Waals surface area (Å²) in [5, 5.41) is 0.0376. The molecule has 3 nitrogen and oxygen atoms in total. The van der Waals surface area contributed by atoms with Gasteiger partial charge in [-0.25, -0.2) is 4.21 Å². The van der Waals surface area contributed by atoms with Crippen molar-refractivity contribution in [1.82, 2.24) is 0 Å². The van der Waals surface area contributed by atoms with Gasteiger partial charge in [-0.15, -0.1) is 0 Å². The Balaban J connectivity index is 1.78. The fraction of sp³-hybridized carbons (Fsp3) is 0.278. The summed E-state index contributed by atoms with van der Waals surface area (Å²) in [5.41, 5.74) is 1.10. The average molecular weight is 313 g/mol. The van der Waals surface area contributed by atoms with Gasteiger partial charge in [-0.3, -0.25) is 4.79 Å². The third-order valence-corrected chi connectivity index (χ3v) is 6.56. The van der Waals surface area contributed by atoms with Crippen LogP contribution in [0.25, 0.3) is 0 Å². The summed E-state index contributed by atoms with van der Waals surface area (Å²) >= 11 is 0. The number of benzene rings is 2. The quantitative estimate of drug-likeness (QED) is 0.842. The van der Waals surface area contributed by atoms with E-state index in [1.165, 1.54) is 0 Å². The topological polar surface area (TPSA) is 46.5 Å². The van der Waals surface area contributed by atoms with Gasteiger partial charge >= 0.3 is 0 Å². The van der Waals surface area contributed by atoms with E-state index in [4.69, 9.17) is 0 Å². The van der Waals surface area contributed by atoms with E-state index < -0.39 is 9.73 Å². The van der Waals surface area contributed by atoms with E-state index in [9.17, 15) is 9.00 Å². The number of amides is 1. The summed E-state index contributed by atoms with van der Waals surface area (Å²) in [6.07, 6.45) is 2.73. The van der Waals surface area contributed by atoms with Gasteiger partial charge in [0.15, 0.2) is 0 Å². The lowest BCUT2D eigenvalue weighted by atomic mass is 10.1. The Bertz CT molecular complexity index is 758. The van der Waals surface area contributed by atoms with Crippen LogP contribution in [0, 0.1) is 0 Å². The van der Waals surface area contributed by atoms with Gasteiger partial charge in [0.2, 0.25) is 0 Å². The van der Waals surface area contributed by atoms with Crippen LogP contribution in [-0.2, 0) is 20.9 Å². The molecule has 0 aromatic heterocycles. The van der Waals surface area contributed by atoms with Crippen LogP contribution in [0.1, 0.15) is 24.8 Å². The molecule has 0 N–H and O–H groups in total. The van der Waals surface area contributed by atoms with Gasteiger partial charge in [0, 0.05) is 16.6 Å². The Kier molecular flexibility index (Phi) is 4.39. The first-order chi connectivity index (χ1) is 10.7. The molecule has 114 valence electrons. The zero-order valence-corrected chi connectivity index (χ0v) is 13.2. The molecule has 0 saturated heterocycles. The van der Waals surface area contributed by atoms with Crippen molar-refractivity contribution in [1.29, 1.82) is 0 Å². The van der Waals surface area contributed by atoms with Crippen LogP contribution in [-0.4, -0.2) is 15.4 Å². The maximum Gasteiger partial charge on any atom is 0.254 e. The highest BCUT2D eigenvalue weighted by Crippen LogP contribution is 2.35. The molecular weight excluding hydrogens is 294 g/mol. The van der Waals surface area contributed by atoms with E-state index in [1.807, 2.05) is 60.7 Å². The summed E-state index contributed by atoms with van der Waals surface area (Å²) in [4.78, 5) is 12.9. The van der Waals surface area contributed by atoms with E-state index >= 15 is 0 Å². The van der Waals surface area contributed by atoms with Crippen LogP contribution in [0.5, 0.6) is 0 Å². The van der Waals surface area contributed by atoms with Crippen LogP contribution in [0.2, 0.25) is 0 Å². The maximum absolute atomic E-state index is 13.2. The minimum Gasteiger partial charge on any atom is -0.272 e. The van der Waals surface area contributed by atoms with Crippen LogP contribution >= 0.6 is 0 Å². The molecule has 1 aliphatic rings. The number of carbonyl (C=O) groups excluding carboxylic acids is 1. The Morgan fingerprint density at radius 3 is 2.18 bits per heavy atom. The van der Waals surface area contributed by atoms with Crippen molar-refractivity contribution in [3.8, 4) is 0 Å². The van der Waals surface area contributed by atoms with E-state index in [-0.39, 0.29) is 11.2 Å². The highest BCUT2D eigenvalue weighted by Gasteiger charge is 2.35. The second-order valence-corrected chi connectivity index (χ2v) is 8.01. The Labute approximate surface area is 131 Å². The van der Waals surface area contributed by atoms with Gasteiger partial charge in [0.1, 0.15) is 0 Å². The van der Waals surface area contributed by atoms with Gasteiger partial charge in [-0.1, -0.05) is 48.5 Å². The summed E-state index contributed by atoms with van der Waals surface area (Å²) in [7, 11) is -2.60. The van der Waals surface area contributed by atoms with Gasteiger partial charge in [-0.2, -0.15) is 4.36 Å². The van der Waals surface area contributed by atoms with Crippen molar-refractivity contribution in [3.05, 3.63) is 66.2 Å². The number of hydrogen-bond acceptors (Lipinski definition) is 2. The van der Waals surface area contributed by atoms with Gasteiger partial charge in [0.25, 0.3) is 5.91 Å². The summed E-state index contributed by atoms with van der Waals surface area (Å²) in [5.74, 6) is -0.260. The second-order valence-electron chi connectivity index (χ2n) is 5.55. The third kappa shape index (κ3) is 3.45. The van der Waals surface area contributed by atoms with Gasteiger partial charge < -0.3 is 0 Å². The molecule has 1 aliphatic carbocycles. The monoisotopic (exact) mass is 313 g/mol. The molecule has 1 fully saturated rings. The molecule has 22 heavy (non-hydrogen) atoms. The Hall–Kier alpha value is -1.94. The lowest BCUT2D eigenvalue weighted by Crippen LogP contribution is -2.11. The minimum absolute atomic E-state index is 0.0376. The zero-order chi connectivity index (χ0) is 15.4. The molecule has 1 amide bonds. The molecule has 1 unspecified atom stereocenters. The predicted molar refractivity (Wildman–Crippen MR) is 88.1 cm³/mol. The molecule has 4 heteroatoms. The Morgan fingerprint density at radius 2 is 1.59 bits per heavy atom. The largest absolute Gasteiger partial charge is 0.272 e. The van der Waals surface area contributed by atoms with Crippen molar-refractivity contribution in [2.45, 2.75) is 35.8 Å². The van der Waals surface area contributed by atoms with Gasteiger partial charge in [-0.05, 0) is 37.0 Å². The molecule has 2 aromatic rings. The lowest BCUT2D eigenvalue weighted by Gasteiger charge is -2.08. The standard InChI is InChI=1S/C18H19NO2S/c20-18(14-11-15-7-3-1-4-8-15)19-22(21,17-12-13-17)16-9-5-2-6-10-16/h1-10,17H,11-14H2. The molecule has 0 aliphatic heterocycles. The molecule has 3 rings (SSSR count). The van der Waals surface area contributed by atoms with Gasteiger partial charge in [0.05, 0.1) is 9.73 Å². The van der Waals surface area contributed by atoms with E-state index in [0.29, 0.717) is 17.7 Å². The molecular formula is C18H19NO2S. The van der Waals surface area contributed by atoms with E-state index in [2.05, 4.69) is 4.36 Å². The zero-order valence-electron chi connectivity index (χ0n) is 12.4. The number of nitrogens with zero attached hydrogens (tertiary/aromatic N) is 1. The molecule has 0 bridgehead atoms. The molecule has 2 aromatic carbocycles. The first kappa shape index (κ1) is 15.0. The molecule has 1 atom stereocenters. The summed E-state index contributed by atoms with van der Waals surface area (Å²) in [6.45, 7) is 0. The minimum atomic E-state index is -2.60. The second kappa shape index (κ2) is 6.44. The number of aryl methyl sites for hydroxylation is 1. The lowest BCUT2D eigenvalue weighted by molar-refractivity contribution is -0.117. The smallest absolute Gasteiger partial charge is 0.254 e. The fourth-order valence-corrected chi connectivity index (χ4v) is 4.77. The van der Waals surface area contributed by atoms with Crippen LogP contribution in [0.15, 0.2) is 69.9 Å². The highest BCUT2D eigenvalue weighted by molar-refractivity contribution is 7.94. The van der Waals surface area contributed by atoms with Crippen molar-refractivity contribution in [2.75, 3.05) is 0 Å². The van der Waals surface area contributed by atoms with Crippen LogP contribution < -0.4 is 0 Å². The normalized spacial score (nSPS) is 16.7. The first-order valence-corrected chi connectivity index (χ1v) is 9.14. The third-order valence-electron chi connectivity index (χ3n) is 3.76. The van der Waals surface area contributed by atoms with E-state index in [1.54, 1.807) is 0 Å². The summed E-state index contributed by atoms with van der Waals surface area (Å²) < 4.78 is 17.3. The number of carbonyl (C=O) groups is 1. The molecule has 0 heterocycles. The first-order valence-electron chi connectivity index (χ1n) is 7.56. The SMILES string of the molecule is O=C(CCc1ccccc1)N=S(=O)(c1ccccc1)C1CC1. The fourth-order valence-electron chi connectivity index (χ4n) is 2.42. The highest BCUT2D eigenvalue weighted by atomic mass is 32.2. The molecule has 0 spiro atoms. The van der Waals surface area contributed by atoms with E-state index in [0.717, 1.165) is 18.4 Å². The summed E-state index contributed by atoms with van der Waals surface area (Å²) in [6, 6.07) is 19.0. The maximum atomic E-state index is 13.2. The molecule has 1 saturated carbocycles.